The van der Waals surface area contributed by atoms with Crippen LogP contribution in [-0.4, -0.2) is 25.3 Å². The van der Waals surface area contributed by atoms with Crippen LogP contribution in [0.2, 0.25) is 0 Å². The van der Waals surface area contributed by atoms with E-state index in [4.69, 9.17) is 4.74 Å². The Morgan fingerprint density at radius 2 is 1.93 bits per heavy atom. The number of halogens is 1. The summed E-state index contributed by atoms with van der Waals surface area (Å²) < 4.78 is 6.44. The van der Waals surface area contributed by atoms with E-state index in [2.05, 4.69) is 45.1 Å². The quantitative estimate of drug-likeness (QED) is 0.763. The van der Waals surface area contributed by atoms with Crippen molar-refractivity contribution in [2.24, 2.45) is 0 Å². The van der Waals surface area contributed by atoms with Gasteiger partial charge in [-0.05, 0) is 30.7 Å². The summed E-state index contributed by atoms with van der Waals surface area (Å²) in [5, 5.41) is 0. The van der Waals surface area contributed by atoms with E-state index in [-0.39, 0.29) is 0 Å². The van der Waals surface area contributed by atoms with Crippen LogP contribution >= 0.6 is 15.9 Å². The van der Waals surface area contributed by atoms with E-state index in [0.717, 1.165) is 17.7 Å². The molecule has 2 saturated heterocycles. The molecule has 0 amide bonds. The minimum Gasteiger partial charge on any atom is -0.376 e. The van der Waals surface area contributed by atoms with Crippen molar-refractivity contribution in [3.8, 4) is 0 Å². The molecule has 2 aliphatic heterocycles. The molecule has 0 radical (unpaired) electrons. The number of benzene rings is 1. The normalized spacial score (nSPS) is 23.1. The van der Waals surface area contributed by atoms with Crippen molar-refractivity contribution in [3.05, 3.63) is 28.7 Å². The third kappa shape index (κ3) is 1.12. The number of ether oxygens (including phenoxy) is 1. The van der Waals surface area contributed by atoms with Crippen molar-refractivity contribution >= 4 is 21.6 Å². The zero-order valence-corrected chi connectivity index (χ0v) is 9.46. The van der Waals surface area contributed by atoms with Gasteiger partial charge >= 0.3 is 0 Å². The van der Waals surface area contributed by atoms with Gasteiger partial charge in [0.2, 0.25) is 0 Å². The van der Waals surface area contributed by atoms with Crippen LogP contribution in [0.3, 0.4) is 0 Å². The third-order valence-corrected chi connectivity index (χ3v) is 3.78. The van der Waals surface area contributed by atoms with Crippen molar-refractivity contribution in [2.45, 2.75) is 12.0 Å². The van der Waals surface area contributed by atoms with Crippen LogP contribution in [0.5, 0.6) is 0 Å². The molecular formula is C11H12BrNO. The summed E-state index contributed by atoms with van der Waals surface area (Å²) in [7, 11) is 0. The summed E-state index contributed by atoms with van der Waals surface area (Å²) in [6.07, 6.45) is 1.28. The predicted molar refractivity (Wildman–Crippen MR) is 59.7 cm³/mol. The van der Waals surface area contributed by atoms with E-state index in [0.29, 0.717) is 5.54 Å². The number of rotatable bonds is 1. The van der Waals surface area contributed by atoms with Crippen LogP contribution in [0, 0.1) is 0 Å². The third-order valence-electron chi connectivity index (χ3n) is 3.25. The molecule has 2 aliphatic rings. The topological polar surface area (TPSA) is 12.5 Å². The monoisotopic (exact) mass is 253 g/mol. The fourth-order valence-corrected chi connectivity index (χ4v) is 2.47. The molecule has 1 aromatic carbocycles. The first-order valence-corrected chi connectivity index (χ1v) is 5.70. The summed E-state index contributed by atoms with van der Waals surface area (Å²) in [6.45, 7) is 2.98. The highest BCUT2D eigenvalue weighted by Gasteiger charge is 2.50. The Hall–Kier alpha value is -0.540. The molecule has 0 unspecified atom stereocenters. The first-order chi connectivity index (χ1) is 6.80. The maximum Gasteiger partial charge on any atom is 0.0884 e. The molecular weight excluding hydrogens is 242 g/mol. The molecule has 3 heteroatoms. The Labute approximate surface area is 92.0 Å². The first kappa shape index (κ1) is 8.74. The molecule has 0 bridgehead atoms. The average Bonchev–Trinajstić information content (AvgIpc) is 2.04. The molecule has 0 aromatic heterocycles. The van der Waals surface area contributed by atoms with E-state index >= 15 is 0 Å². The lowest BCUT2D eigenvalue weighted by molar-refractivity contribution is -0.0847. The molecule has 0 N–H and O–H groups in total. The van der Waals surface area contributed by atoms with E-state index in [1.54, 1.807) is 0 Å². The Kier molecular flexibility index (Phi) is 1.86. The minimum atomic E-state index is 0.355. The molecule has 0 atom stereocenters. The SMILES string of the molecule is Brc1ccc(N2CCC23COC3)cc1. The van der Waals surface area contributed by atoms with Crippen molar-refractivity contribution in [3.63, 3.8) is 0 Å². The van der Waals surface area contributed by atoms with Gasteiger partial charge < -0.3 is 9.64 Å². The molecule has 0 aliphatic carbocycles. The lowest BCUT2D eigenvalue weighted by Gasteiger charge is -2.58. The average molecular weight is 254 g/mol. The van der Waals surface area contributed by atoms with E-state index in [9.17, 15) is 0 Å². The van der Waals surface area contributed by atoms with Crippen molar-refractivity contribution in [2.75, 3.05) is 24.7 Å². The molecule has 74 valence electrons. The fraction of sp³-hybridized carbons (Fsp3) is 0.455. The van der Waals surface area contributed by atoms with Crippen molar-refractivity contribution in [1.82, 2.24) is 0 Å². The smallest absolute Gasteiger partial charge is 0.0884 e. The maximum atomic E-state index is 5.30. The van der Waals surface area contributed by atoms with Gasteiger partial charge in [0.05, 0.1) is 18.8 Å². The van der Waals surface area contributed by atoms with Crippen LogP contribution in [-0.2, 0) is 4.74 Å². The zero-order chi connectivity index (χ0) is 9.60. The van der Waals surface area contributed by atoms with E-state index < -0.39 is 0 Å². The Morgan fingerprint density at radius 1 is 1.21 bits per heavy atom. The van der Waals surface area contributed by atoms with Crippen molar-refractivity contribution < 1.29 is 4.74 Å². The molecule has 1 spiro atoms. The highest BCUT2D eigenvalue weighted by atomic mass is 79.9. The molecule has 2 nitrogen and oxygen atoms in total. The number of nitrogens with zero attached hydrogens (tertiary/aromatic N) is 1. The first-order valence-electron chi connectivity index (χ1n) is 4.91. The molecule has 14 heavy (non-hydrogen) atoms. The van der Waals surface area contributed by atoms with Crippen LogP contribution in [0.1, 0.15) is 6.42 Å². The standard InChI is InChI=1S/C11H12BrNO/c12-9-1-3-10(4-2-9)13-6-5-11(13)7-14-8-11/h1-4H,5-8H2. The second-order valence-corrected chi connectivity index (χ2v) is 5.01. The number of anilines is 1. The van der Waals surface area contributed by atoms with Gasteiger partial charge in [-0.25, -0.2) is 0 Å². The summed E-state index contributed by atoms with van der Waals surface area (Å²) >= 11 is 3.45. The van der Waals surface area contributed by atoms with Gasteiger partial charge in [0.1, 0.15) is 0 Å². The van der Waals surface area contributed by atoms with Gasteiger partial charge in [-0.2, -0.15) is 0 Å². The van der Waals surface area contributed by atoms with E-state index in [1.807, 2.05) is 0 Å². The zero-order valence-electron chi connectivity index (χ0n) is 7.87. The Balaban J connectivity index is 1.85. The molecule has 3 rings (SSSR count). The Bertz CT molecular complexity index is 339. The summed E-state index contributed by atoms with van der Waals surface area (Å²) in [5.41, 5.74) is 1.68. The van der Waals surface area contributed by atoms with Crippen LogP contribution < -0.4 is 4.90 Å². The predicted octanol–water partition coefficient (Wildman–Crippen LogP) is 2.43. The fourth-order valence-electron chi connectivity index (χ4n) is 2.20. The second kappa shape index (κ2) is 2.97. The van der Waals surface area contributed by atoms with Crippen LogP contribution in [0.4, 0.5) is 5.69 Å². The lowest BCUT2D eigenvalue weighted by Crippen LogP contribution is -2.71. The van der Waals surface area contributed by atoms with Crippen LogP contribution in [0.15, 0.2) is 28.7 Å². The Morgan fingerprint density at radius 3 is 2.36 bits per heavy atom. The van der Waals surface area contributed by atoms with Gasteiger partial charge in [0.15, 0.2) is 0 Å². The number of hydrogen-bond acceptors (Lipinski definition) is 2. The highest BCUT2D eigenvalue weighted by Crippen LogP contribution is 2.40. The van der Waals surface area contributed by atoms with Crippen LogP contribution in [0.25, 0.3) is 0 Å². The summed E-state index contributed by atoms with van der Waals surface area (Å²) in [6, 6.07) is 8.54. The van der Waals surface area contributed by atoms with Gasteiger partial charge in [-0.3, -0.25) is 0 Å². The molecule has 2 fully saturated rings. The van der Waals surface area contributed by atoms with Gasteiger partial charge in [-0.1, -0.05) is 15.9 Å². The highest BCUT2D eigenvalue weighted by molar-refractivity contribution is 9.10. The summed E-state index contributed by atoms with van der Waals surface area (Å²) in [5.74, 6) is 0. The van der Waals surface area contributed by atoms with Crippen molar-refractivity contribution in [1.29, 1.82) is 0 Å². The minimum absolute atomic E-state index is 0.355. The second-order valence-electron chi connectivity index (χ2n) is 4.10. The molecule has 1 aromatic rings. The summed E-state index contributed by atoms with van der Waals surface area (Å²) in [4.78, 5) is 2.46. The lowest BCUT2D eigenvalue weighted by atomic mass is 9.82. The molecule has 2 heterocycles. The van der Waals surface area contributed by atoms with E-state index in [1.165, 1.54) is 18.7 Å². The molecule has 0 saturated carbocycles. The van der Waals surface area contributed by atoms with Gasteiger partial charge in [0, 0.05) is 16.7 Å². The number of hydrogen-bond donors (Lipinski definition) is 0. The maximum absolute atomic E-state index is 5.30. The van der Waals surface area contributed by atoms with Gasteiger partial charge in [-0.15, -0.1) is 0 Å². The largest absolute Gasteiger partial charge is 0.376 e. The van der Waals surface area contributed by atoms with Gasteiger partial charge in [0.25, 0.3) is 0 Å².